The van der Waals surface area contributed by atoms with Crippen LogP contribution in [0.3, 0.4) is 0 Å². The van der Waals surface area contributed by atoms with Gasteiger partial charge in [0.2, 0.25) is 0 Å². The van der Waals surface area contributed by atoms with Crippen LogP contribution in [0.15, 0.2) is 48.5 Å². The normalized spacial score (nSPS) is 10.1. The summed E-state index contributed by atoms with van der Waals surface area (Å²) in [6.45, 7) is 0.633. The Kier molecular flexibility index (Phi) is 4.68. The molecule has 4 N–H and O–H groups in total. The van der Waals surface area contributed by atoms with Gasteiger partial charge in [0.05, 0.1) is 5.56 Å². The van der Waals surface area contributed by atoms with Gasteiger partial charge in [0, 0.05) is 18.7 Å². The first kappa shape index (κ1) is 14.7. The van der Waals surface area contributed by atoms with Crippen LogP contribution in [0.25, 0.3) is 0 Å². The number of hydrogen-bond donors (Lipinski definition) is 3. The molecule has 0 bridgehead atoms. The lowest BCUT2D eigenvalue weighted by molar-refractivity contribution is 0.0696. The summed E-state index contributed by atoms with van der Waals surface area (Å²) >= 11 is 0. The maximum atomic E-state index is 12.1. The van der Waals surface area contributed by atoms with E-state index in [0.29, 0.717) is 18.7 Å². The quantitative estimate of drug-likeness (QED) is 0.780. The molecule has 5 heteroatoms. The van der Waals surface area contributed by atoms with Crippen molar-refractivity contribution in [1.29, 1.82) is 0 Å². The number of benzene rings is 2. The Morgan fingerprint density at radius 1 is 1.05 bits per heavy atom. The minimum Gasteiger partial charge on any atom is -0.478 e. The molecule has 0 atom stereocenters. The summed E-state index contributed by atoms with van der Waals surface area (Å²) in [7, 11) is 0. The third-order valence-electron chi connectivity index (χ3n) is 3.14. The van der Waals surface area contributed by atoms with Crippen LogP contribution in [0.5, 0.6) is 0 Å². The highest BCUT2D eigenvalue weighted by Crippen LogP contribution is 2.09. The zero-order valence-corrected chi connectivity index (χ0v) is 11.4. The first-order chi connectivity index (χ1) is 10.1. The highest BCUT2D eigenvalue weighted by molar-refractivity contribution is 5.95. The summed E-state index contributed by atoms with van der Waals surface area (Å²) in [6, 6.07) is 13.5. The van der Waals surface area contributed by atoms with Crippen molar-refractivity contribution >= 4 is 11.9 Å². The third kappa shape index (κ3) is 3.67. The van der Waals surface area contributed by atoms with Gasteiger partial charge in [-0.15, -0.1) is 0 Å². The van der Waals surface area contributed by atoms with E-state index in [-0.39, 0.29) is 11.5 Å². The van der Waals surface area contributed by atoms with E-state index in [1.807, 2.05) is 12.1 Å². The van der Waals surface area contributed by atoms with Gasteiger partial charge < -0.3 is 16.2 Å². The Bertz CT molecular complexity index is 651. The van der Waals surface area contributed by atoms with Crippen LogP contribution in [0.4, 0.5) is 0 Å². The lowest BCUT2D eigenvalue weighted by atomic mass is 10.1. The van der Waals surface area contributed by atoms with Crippen molar-refractivity contribution in [2.75, 3.05) is 0 Å². The van der Waals surface area contributed by atoms with Crippen molar-refractivity contribution in [1.82, 2.24) is 5.32 Å². The molecule has 21 heavy (non-hydrogen) atoms. The summed E-state index contributed by atoms with van der Waals surface area (Å²) < 4.78 is 0. The number of nitrogens with two attached hydrogens (primary N) is 1. The number of rotatable bonds is 5. The predicted octanol–water partition coefficient (Wildman–Crippen LogP) is 1.77. The highest BCUT2D eigenvalue weighted by atomic mass is 16.4. The van der Waals surface area contributed by atoms with Gasteiger partial charge in [0.15, 0.2) is 0 Å². The number of aromatic carboxylic acids is 1. The Hall–Kier alpha value is -2.66. The van der Waals surface area contributed by atoms with Gasteiger partial charge in [0.25, 0.3) is 5.91 Å². The van der Waals surface area contributed by atoms with Crippen LogP contribution in [-0.2, 0) is 13.1 Å². The molecule has 0 aliphatic heterocycles. The largest absolute Gasteiger partial charge is 0.478 e. The van der Waals surface area contributed by atoms with Crippen molar-refractivity contribution in [3.63, 3.8) is 0 Å². The maximum Gasteiger partial charge on any atom is 0.335 e. The summed E-state index contributed by atoms with van der Waals surface area (Å²) in [6.07, 6.45) is 0. The van der Waals surface area contributed by atoms with Crippen LogP contribution in [0, 0.1) is 0 Å². The molecule has 0 radical (unpaired) electrons. The molecule has 0 heterocycles. The molecule has 0 aliphatic carbocycles. The molecule has 2 aromatic rings. The highest BCUT2D eigenvalue weighted by Gasteiger charge is 2.09. The molecule has 2 rings (SSSR count). The second kappa shape index (κ2) is 6.67. The summed E-state index contributed by atoms with van der Waals surface area (Å²) in [5.41, 5.74) is 8.00. The van der Waals surface area contributed by atoms with Crippen LogP contribution in [-0.4, -0.2) is 17.0 Å². The van der Waals surface area contributed by atoms with Crippen LogP contribution < -0.4 is 11.1 Å². The summed E-state index contributed by atoms with van der Waals surface area (Å²) in [5.74, 6) is -1.17. The van der Waals surface area contributed by atoms with Crippen molar-refractivity contribution in [3.8, 4) is 0 Å². The number of carboxylic acid groups (broad SMARTS) is 1. The van der Waals surface area contributed by atoms with E-state index >= 15 is 0 Å². The molecule has 108 valence electrons. The minimum atomic E-state index is -0.970. The Balaban J connectivity index is 2.02. The monoisotopic (exact) mass is 284 g/mol. The summed E-state index contributed by atoms with van der Waals surface area (Å²) in [4.78, 5) is 22.9. The molecule has 1 amide bonds. The topological polar surface area (TPSA) is 92.4 Å². The van der Waals surface area contributed by atoms with E-state index in [0.717, 1.165) is 11.1 Å². The number of carbonyl (C=O) groups is 2. The third-order valence-corrected chi connectivity index (χ3v) is 3.14. The number of amides is 1. The van der Waals surface area contributed by atoms with E-state index < -0.39 is 5.97 Å². The fourth-order valence-electron chi connectivity index (χ4n) is 1.96. The zero-order valence-electron chi connectivity index (χ0n) is 11.4. The molecular weight excluding hydrogens is 268 g/mol. The average Bonchev–Trinajstić information content (AvgIpc) is 2.52. The van der Waals surface area contributed by atoms with Gasteiger partial charge >= 0.3 is 5.97 Å². The predicted molar refractivity (Wildman–Crippen MR) is 78.9 cm³/mol. The number of nitrogens with one attached hydrogen (secondary N) is 1. The van der Waals surface area contributed by atoms with Crippen LogP contribution in [0.1, 0.15) is 31.8 Å². The van der Waals surface area contributed by atoms with Crippen molar-refractivity contribution < 1.29 is 14.7 Å². The van der Waals surface area contributed by atoms with E-state index in [1.54, 1.807) is 24.3 Å². The molecule has 0 spiro atoms. The van der Waals surface area contributed by atoms with E-state index in [1.165, 1.54) is 12.1 Å². The Morgan fingerprint density at radius 3 is 2.33 bits per heavy atom. The fourth-order valence-corrected chi connectivity index (χ4v) is 1.96. The second-order valence-electron chi connectivity index (χ2n) is 4.55. The molecule has 0 unspecified atom stereocenters. The second-order valence-corrected chi connectivity index (χ2v) is 4.55. The fraction of sp³-hybridized carbons (Fsp3) is 0.125. The Labute approximate surface area is 122 Å². The number of carboxylic acids is 1. The molecule has 2 aromatic carbocycles. The van der Waals surface area contributed by atoms with Gasteiger partial charge in [-0.2, -0.15) is 0 Å². The molecule has 0 aromatic heterocycles. The Morgan fingerprint density at radius 2 is 1.71 bits per heavy atom. The van der Waals surface area contributed by atoms with Crippen molar-refractivity contribution in [2.24, 2.45) is 5.73 Å². The van der Waals surface area contributed by atoms with Gasteiger partial charge in [-0.1, -0.05) is 30.3 Å². The van der Waals surface area contributed by atoms with Crippen molar-refractivity contribution in [3.05, 3.63) is 70.8 Å². The number of carbonyl (C=O) groups excluding carboxylic acids is 1. The van der Waals surface area contributed by atoms with Crippen LogP contribution >= 0.6 is 0 Å². The van der Waals surface area contributed by atoms with Gasteiger partial charge in [-0.05, 0) is 29.3 Å². The minimum absolute atomic E-state index is 0.196. The summed E-state index contributed by atoms with van der Waals surface area (Å²) in [5, 5.41) is 11.6. The lowest BCUT2D eigenvalue weighted by Gasteiger charge is -2.09. The maximum absolute atomic E-state index is 12.1. The molecule has 5 nitrogen and oxygen atoms in total. The van der Waals surface area contributed by atoms with Gasteiger partial charge in [0.1, 0.15) is 0 Å². The van der Waals surface area contributed by atoms with E-state index in [4.69, 9.17) is 10.8 Å². The smallest absolute Gasteiger partial charge is 0.335 e. The molecular formula is C16H16N2O3. The molecule has 0 aliphatic rings. The van der Waals surface area contributed by atoms with Crippen LogP contribution in [0.2, 0.25) is 0 Å². The first-order valence-corrected chi connectivity index (χ1v) is 6.50. The first-order valence-electron chi connectivity index (χ1n) is 6.50. The SMILES string of the molecule is NCc1ccccc1C(=O)NCc1ccc(C(=O)O)cc1. The van der Waals surface area contributed by atoms with Gasteiger partial charge in [-0.3, -0.25) is 4.79 Å². The van der Waals surface area contributed by atoms with Gasteiger partial charge in [-0.25, -0.2) is 4.79 Å². The standard InChI is InChI=1S/C16H16N2O3/c17-9-13-3-1-2-4-14(13)15(19)18-10-11-5-7-12(8-6-11)16(20)21/h1-8H,9-10,17H2,(H,18,19)(H,20,21). The number of hydrogen-bond acceptors (Lipinski definition) is 3. The van der Waals surface area contributed by atoms with E-state index in [9.17, 15) is 9.59 Å². The molecule has 0 saturated heterocycles. The van der Waals surface area contributed by atoms with Crippen molar-refractivity contribution in [2.45, 2.75) is 13.1 Å². The van der Waals surface area contributed by atoms with E-state index in [2.05, 4.69) is 5.32 Å². The average molecular weight is 284 g/mol. The lowest BCUT2D eigenvalue weighted by Crippen LogP contribution is -2.24. The zero-order chi connectivity index (χ0) is 15.2. The molecule has 0 saturated carbocycles. The molecule has 0 fully saturated rings.